The van der Waals surface area contributed by atoms with Crippen LogP contribution in [0.4, 0.5) is 18.9 Å². The average molecular weight is 300 g/mol. The summed E-state index contributed by atoms with van der Waals surface area (Å²) in [6, 6.07) is 4.66. The Bertz CT molecular complexity index is 479. The number of hydrogen-bond donors (Lipinski definition) is 1. The molecule has 1 aromatic carbocycles. The molecule has 3 nitrogen and oxygen atoms in total. The van der Waals surface area contributed by atoms with Gasteiger partial charge in [-0.3, -0.25) is 4.79 Å². The molecule has 2 rings (SSSR count). The highest BCUT2D eigenvalue weighted by molar-refractivity contribution is 5.91. The molecule has 1 fully saturated rings. The molecule has 0 spiro atoms. The van der Waals surface area contributed by atoms with Crippen LogP contribution in [0.1, 0.15) is 31.7 Å². The lowest BCUT2D eigenvalue weighted by Crippen LogP contribution is -2.33. The third-order valence-corrected chi connectivity index (χ3v) is 3.74. The largest absolute Gasteiger partial charge is 0.416 e. The Morgan fingerprint density at radius 1 is 1.24 bits per heavy atom. The van der Waals surface area contributed by atoms with Gasteiger partial charge < -0.3 is 10.2 Å². The van der Waals surface area contributed by atoms with Crippen molar-refractivity contribution in [3.8, 4) is 0 Å². The number of likely N-dealkylation sites (tertiary alicyclic amines) is 1. The van der Waals surface area contributed by atoms with Crippen LogP contribution in [-0.2, 0) is 11.0 Å². The van der Waals surface area contributed by atoms with Crippen LogP contribution in [0.5, 0.6) is 0 Å². The number of benzene rings is 1. The maximum atomic E-state index is 12.4. The predicted octanol–water partition coefficient (Wildman–Crippen LogP) is 3.52. The standard InChI is InChI=1S/C15H19F3N2O/c1-11(20-8-2-3-9-20)10-14(21)19-13-6-4-12(5-7-13)15(16,17)18/h4-7,11H,2-3,8-10H2,1H3,(H,19,21). The Labute approximate surface area is 122 Å². The molecule has 1 atom stereocenters. The van der Waals surface area contributed by atoms with Gasteiger partial charge in [-0.15, -0.1) is 0 Å². The number of nitrogens with zero attached hydrogens (tertiary/aromatic N) is 1. The fourth-order valence-corrected chi connectivity index (χ4v) is 2.53. The smallest absolute Gasteiger partial charge is 0.326 e. The fourth-order valence-electron chi connectivity index (χ4n) is 2.53. The Morgan fingerprint density at radius 3 is 2.33 bits per heavy atom. The number of amides is 1. The second kappa shape index (κ2) is 6.47. The summed E-state index contributed by atoms with van der Waals surface area (Å²) >= 11 is 0. The number of rotatable bonds is 4. The van der Waals surface area contributed by atoms with Gasteiger partial charge in [-0.25, -0.2) is 0 Å². The van der Waals surface area contributed by atoms with Crippen molar-refractivity contribution in [2.24, 2.45) is 0 Å². The van der Waals surface area contributed by atoms with E-state index in [1.807, 2.05) is 6.92 Å². The normalized spacial score (nSPS) is 17.7. The first kappa shape index (κ1) is 15.8. The first-order valence-corrected chi connectivity index (χ1v) is 7.07. The van der Waals surface area contributed by atoms with Crippen molar-refractivity contribution in [3.05, 3.63) is 29.8 Å². The molecule has 1 N–H and O–H groups in total. The summed E-state index contributed by atoms with van der Waals surface area (Å²) < 4.78 is 37.3. The highest BCUT2D eigenvalue weighted by Crippen LogP contribution is 2.29. The second-order valence-electron chi connectivity index (χ2n) is 5.42. The zero-order chi connectivity index (χ0) is 15.5. The molecule has 0 aliphatic carbocycles. The van der Waals surface area contributed by atoms with Crippen LogP contribution < -0.4 is 5.32 Å². The van der Waals surface area contributed by atoms with Gasteiger partial charge in [-0.2, -0.15) is 13.2 Å². The van der Waals surface area contributed by atoms with E-state index in [-0.39, 0.29) is 11.9 Å². The van der Waals surface area contributed by atoms with Gasteiger partial charge in [0.1, 0.15) is 0 Å². The molecule has 1 unspecified atom stereocenters. The average Bonchev–Trinajstić information content (AvgIpc) is 2.92. The van der Waals surface area contributed by atoms with Crippen LogP contribution in [0.2, 0.25) is 0 Å². The molecule has 1 amide bonds. The van der Waals surface area contributed by atoms with Crippen molar-refractivity contribution in [3.63, 3.8) is 0 Å². The molecule has 0 saturated carbocycles. The topological polar surface area (TPSA) is 32.3 Å². The molecule has 0 aromatic heterocycles. The zero-order valence-electron chi connectivity index (χ0n) is 11.9. The summed E-state index contributed by atoms with van der Waals surface area (Å²) in [4.78, 5) is 14.2. The number of carbonyl (C=O) groups is 1. The first-order chi connectivity index (χ1) is 9.86. The van der Waals surface area contributed by atoms with Gasteiger partial charge in [0.05, 0.1) is 5.56 Å². The van der Waals surface area contributed by atoms with Crippen molar-refractivity contribution in [1.82, 2.24) is 4.90 Å². The van der Waals surface area contributed by atoms with E-state index in [1.165, 1.54) is 12.1 Å². The predicted molar refractivity (Wildman–Crippen MR) is 75.0 cm³/mol. The Kier molecular flexibility index (Phi) is 4.88. The van der Waals surface area contributed by atoms with Crippen molar-refractivity contribution >= 4 is 11.6 Å². The molecule has 1 aliphatic rings. The highest BCUT2D eigenvalue weighted by atomic mass is 19.4. The lowest BCUT2D eigenvalue weighted by atomic mass is 10.1. The molecular formula is C15H19F3N2O. The van der Waals surface area contributed by atoms with Crippen LogP contribution >= 0.6 is 0 Å². The number of alkyl halides is 3. The summed E-state index contributed by atoms with van der Waals surface area (Å²) in [5.74, 6) is -0.172. The minimum Gasteiger partial charge on any atom is -0.326 e. The lowest BCUT2D eigenvalue weighted by Gasteiger charge is -2.23. The third kappa shape index (κ3) is 4.46. The van der Waals surface area contributed by atoms with Gasteiger partial charge >= 0.3 is 6.18 Å². The van der Waals surface area contributed by atoms with Gasteiger partial charge in [-0.05, 0) is 57.1 Å². The van der Waals surface area contributed by atoms with Crippen molar-refractivity contribution in [1.29, 1.82) is 0 Å². The molecule has 0 radical (unpaired) electrons. The maximum absolute atomic E-state index is 12.4. The Balaban J connectivity index is 1.87. The molecular weight excluding hydrogens is 281 g/mol. The zero-order valence-corrected chi connectivity index (χ0v) is 11.9. The summed E-state index contributed by atoms with van der Waals surface area (Å²) in [5, 5.41) is 2.64. The monoisotopic (exact) mass is 300 g/mol. The molecule has 6 heteroatoms. The van der Waals surface area contributed by atoms with E-state index in [0.717, 1.165) is 38.1 Å². The van der Waals surface area contributed by atoms with Gasteiger partial charge in [-0.1, -0.05) is 0 Å². The van der Waals surface area contributed by atoms with Crippen LogP contribution in [-0.4, -0.2) is 29.9 Å². The minimum absolute atomic E-state index is 0.155. The Morgan fingerprint density at radius 2 is 1.81 bits per heavy atom. The second-order valence-corrected chi connectivity index (χ2v) is 5.42. The van der Waals surface area contributed by atoms with Crippen molar-refractivity contribution in [2.75, 3.05) is 18.4 Å². The van der Waals surface area contributed by atoms with E-state index in [0.29, 0.717) is 12.1 Å². The third-order valence-electron chi connectivity index (χ3n) is 3.74. The van der Waals surface area contributed by atoms with E-state index in [9.17, 15) is 18.0 Å². The lowest BCUT2D eigenvalue weighted by molar-refractivity contribution is -0.137. The quantitative estimate of drug-likeness (QED) is 0.922. The molecule has 21 heavy (non-hydrogen) atoms. The molecule has 1 heterocycles. The minimum atomic E-state index is -4.35. The van der Waals surface area contributed by atoms with Crippen LogP contribution in [0.15, 0.2) is 24.3 Å². The number of nitrogens with one attached hydrogen (secondary N) is 1. The van der Waals surface area contributed by atoms with E-state index in [2.05, 4.69) is 10.2 Å². The summed E-state index contributed by atoms with van der Waals surface area (Å²) in [5.41, 5.74) is -0.326. The van der Waals surface area contributed by atoms with E-state index in [1.54, 1.807) is 0 Å². The first-order valence-electron chi connectivity index (χ1n) is 7.07. The van der Waals surface area contributed by atoms with Crippen LogP contribution in [0.3, 0.4) is 0 Å². The molecule has 1 aromatic rings. The summed E-state index contributed by atoms with van der Waals surface area (Å²) in [6.45, 7) is 4.01. The molecule has 116 valence electrons. The summed E-state index contributed by atoms with van der Waals surface area (Å²) in [6.07, 6.45) is -1.69. The van der Waals surface area contributed by atoms with E-state index >= 15 is 0 Å². The van der Waals surface area contributed by atoms with Gasteiger partial charge in [0.25, 0.3) is 0 Å². The van der Waals surface area contributed by atoms with E-state index in [4.69, 9.17) is 0 Å². The number of carbonyl (C=O) groups excluding carboxylic acids is 1. The summed E-state index contributed by atoms with van der Waals surface area (Å²) in [7, 11) is 0. The SMILES string of the molecule is CC(CC(=O)Nc1ccc(C(F)(F)F)cc1)N1CCCC1. The van der Waals surface area contributed by atoms with Crippen LogP contribution in [0, 0.1) is 0 Å². The number of anilines is 1. The van der Waals surface area contributed by atoms with Crippen LogP contribution in [0.25, 0.3) is 0 Å². The Hall–Kier alpha value is -1.56. The number of hydrogen-bond acceptors (Lipinski definition) is 2. The maximum Gasteiger partial charge on any atom is 0.416 e. The van der Waals surface area contributed by atoms with Gasteiger partial charge in [0.15, 0.2) is 0 Å². The fraction of sp³-hybridized carbons (Fsp3) is 0.533. The molecule has 1 aliphatic heterocycles. The molecule has 0 bridgehead atoms. The number of halogens is 3. The van der Waals surface area contributed by atoms with Gasteiger partial charge in [0, 0.05) is 18.2 Å². The van der Waals surface area contributed by atoms with Crippen molar-refractivity contribution in [2.45, 2.75) is 38.4 Å². The van der Waals surface area contributed by atoms with Crippen molar-refractivity contribution < 1.29 is 18.0 Å². The highest BCUT2D eigenvalue weighted by Gasteiger charge is 2.30. The molecule has 1 saturated heterocycles. The van der Waals surface area contributed by atoms with Gasteiger partial charge in [0.2, 0.25) is 5.91 Å². The van der Waals surface area contributed by atoms with E-state index < -0.39 is 11.7 Å².